The summed E-state index contributed by atoms with van der Waals surface area (Å²) in [6.45, 7) is 1.29. The smallest absolute Gasteiger partial charge is 0.308 e. The van der Waals surface area contributed by atoms with E-state index in [4.69, 9.17) is 27.9 Å². The third kappa shape index (κ3) is 3.05. The Morgan fingerprint density at radius 2 is 1.79 bits per heavy atom. The number of rotatable bonds is 2. The van der Waals surface area contributed by atoms with Gasteiger partial charge in [0.05, 0.1) is 0 Å². The molecular weight excluding hydrogens is 223 g/mol. The molecule has 1 aromatic carbocycles. The van der Waals surface area contributed by atoms with Crippen LogP contribution in [0.25, 0.3) is 5.76 Å². The zero-order valence-electron chi connectivity index (χ0n) is 7.46. The predicted octanol–water partition coefficient (Wildman–Crippen LogP) is 3.35. The Bertz CT molecular complexity index is 354. The molecule has 0 spiro atoms. The summed E-state index contributed by atoms with van der Waals surface area (Å²) in [5.41, 5.74) is 0.669. The maximum Gasteiger partial charge on any atom is 0.308 e. The normalized spacial score (nSPS) is 9.36. The molecule has 0 aliphatic rings. The Balaban J connectivity index is 3.03. The van der Waals surface area contributed by atoms with Gasteiger partial charge in [-0.2, -0.15) is 0 Å². The maximum absolute atomic E-state index is 10.8. The molecule has 0 fully saturated rings. The SMILES string of the molecule is CC(=O)OC(=C(Cl)Cl)c1ccccc1. The highest BCUT2D eigenvalue weighted by Crippen LogP contribution is 2.25. The molecule has 0 aromatic heterocycles. The van der Waals surface area contributed by atoms with E-state index >= 15 is 0 Å². The molecule has 2 nitrogen and oxygen atoms in total. The lowest BCUT2D eigenvalue weighted by Gasteiger charge is -2.06. The predicted molar refractivity (Wildman–Crippen MR) is 56.8 cm³/mol. The number of carbonyl (C=O) groups excluding carboxylic acids is 1. The summed E-state index contributed by atoms with van der Waals surface area (Å²) in [7, 11) is 0. The highest BCUT2D eigenvalue weighted by atomic mass is 35.5. The van der Waals surface area contributed by atoms with Crippen LogP contribution in [0, 0.1) is 0 Å². The van der Waals surface area contributed by atoms with Gasteiger partial charge < -0.3 is 4.74 Å². The fourth-order valence-corrected chi connectivity index (χ4v) is 1.24. The lowest BCUT2D eigenvalue weighted by atomic mass is 10.2. The van der Waals surface area contributed by atoms with E-state index in [-0.39, 0.29) is 10.3 Å². The van der Waals surface area contributed by atoms with Crippen molar-refractivity contribution < 1.29 is 9.53 Å². The summed E-state index contributed by atoms with van der Waals surface area (Å²) in [4.78, 5) is 10.8. The molecule has 0 atom stereocenters. The van der Waals surface area contributed by atoms with E-state index in [1.54, 1.807) is 24.3 Å². The number of ether oxygens (including phenoxy) is 1. The molecule has 1 aromatic rings. The second-order valence-electron chi connectivity index (χ2n) is 2.55. The van der Waals surface area contributed by atoms with Gasteiger partial charge in [0.1, 0.15) is 4.49 Å². The molecular formula is C10H8Cl2O2. The third-order valence-corrected chi connectivity index (χ3v) is 1.80. The molecule has 4 heteroatoms. The highest BCUT2D eigenvalue weighted by Gasteiger charge is 2.09. The van der Waals surface area contributed by atoms with Crippen LogP contribution in [-0.4, -0.2) is 5.97 Å². The van der Waals surface area contributed by atoms with Gasteiger partial charge in [-0.1, -0.05) is 53.5 Å². The average molecular weight is 231 g/mol. The minimum atomic E-state index is -0.456. The molecule has 0 unspecified atom stereocenters. The first kappa shape index (κ1) is 11.1. The van der Waals surface area contributed by atoms with Gasteiger partial charge in [0, 0.05) is 12.5 Å². The summed E-state index contributed by atoms with van der Waals surface area (Å²) in [6, 6.07) is 8.95. The summed E-state index contributed by atoms with van der Waals surface area (Å²) in [5.74, 6) is -0.274. The summed E-state index contributed by atoms with van der Waals surface area (Å²) in [5, 5.41) is 0. The van der Waals surface area contributed by atoms with Crippen molar-refractivity contribution in [3.05, 3.63) is 40.4 Å². The van der Waals surface area contributed by atoms with Crippen LogP contribution in [0.1, 0.15) is 12.5 Å². The van der Waals surface area contributed by atoms with E-state index in [1.807, 2.05) is 6.07 Å². The molecule has 0 heterocycles. The zero-order valence-corrected chi connectivity index (χ0v) is 8.97. The molecule has 0 radical (unpaired) electrons. The van der Waals surface area contributed by atoms with Gasteiger partial charge in [-0.25, -0.2) is 0 Å². The van der Waals surface area contributed by atoms with Crippen molar-refractivity contribution in [1.29, 1.82) is 0 Å². The molecule has 14 heavy (non-hydrogen) atoms. The van der Waals surface area contributed by atoms with E-state index < -0.39 is 5.97 Å². The molecule has 0 aliphatic carbocycles. The van der Waals surface area contributed by atoms with Gasteiger partial charge >= 0.3 is 5.97 Å². The van der Waals surface area contributed by atoms with Gasteiger partial charge in [-0.3, -0.25) is 4.79 Å². The van der Waals surface area contributed by atoms with Crippen LogP contribution in [0.15, 0.2) is 34.8 Å². The Hall–Kier alpha value is -0.990. The van der Waals surface area contributed by atoms with Gasteiger partial charge in [0.2, 0.25) is 0 Å². The summed E-state index contributed by atoms with van der Waals surface area (Å²) in [6.07, 6.45) is 0. The molecule has 0 amide bonds. The van der Waals surface area contributed by atoms with Crippen molar-refractivity contribution in [2.45, 2.75) is 6.92 Å². The average Bonchev–Trinajstić information content (AvgIpc) is 2.15. The molecule has 74 valence electrons. The van der Waals surface area contributed by atoms with Crippen LogP contribution in [-0.2, 0) is 9.53 Å². The van der Waals surface area contributed by atoms with Crippen molar-refractivity contribution in [3.63, 3.8) is 0 Å². The molecule has 1 rings (SSSR count). The minimum Gasteiger partial charge on any atom is -0.424 e. The van der Waals surface area contributed by atoms with Crippen molar-refractivity contribution in [2.24, 2.45) is 0 Å². The van der Waals surface area contributed by atoms with Crippen molar-refractivity contribution in [2.75, 3.05) is 0 Å². The van der Waals surface area contributed by atoms with Gasteiger partial charge in [0.15, 0.2) is 5.76 Å². The van der Waals surface area contributed by atoms with E-state index in [1.165, 1.54) is 6.92 Å². The van der Waals surface area contributed by atoms with E-state index in [2.05, 4.69) is 0 Å². The Morgan fingerprint density at radius 3 is 2.21 bits per heavy atom. The number of esters is 1. The van der Waals surface area contributed by atoms with E-state index in [0.29, 0.717) is 5.56 Å². The fraction of sp³-hybridized carbons (Fsp3) is 0.100. The summed E-state index contributed by atoms with van der Waals surface area (Å²) >= 11 is 11.2. The van der Waals surface area contributed by atoms with E-state index in [9.17, 15) is 4.79 Å². The maximum atomic E-state index is 10.8. The van der Waals surface area contributed by atoms with Crippen LogP contribution < -0.4 is 0 Å². The molecule has 0 N–H and O–H groups in total. The molecule has 0 saturated heterocycles. The first-order valence-electron chi connectivity index (χ1n) is 3.90. The molecule has 0 aliphatic heterocycles. The quantitative estimate of drug-likeness (QED) is 0.576. The van der Waals surface area contributed by atoms with E-state index in [0.717, 1.165) is 0 Å². The van der Waals surface area contributed by atoms with Crippen LogP contribution in [0.5, 0.6) is 0 Å². The van der Waals surface area contributed by atoms with Crippen molar-refractivity contribution in [1.82, 2.24) is 0 Å². The number of halogens is 2. The topological polar surface area (TPSA) is 26.3 Å². The van der Waals surface area contributed by atoms with Crippen LogP contribution in [0.4, 0.5) is 0 Å². The Morgan fingerprint density at radius 1 is 1.21 bits per heavy atom. The molecule has 0 bridgehead atoms. The Labute approximate surface area is 92.1 Å². The number of hydrogen-bond donors (Lipinski definition) is 0. The lowest BCUT2D eigenvalue weighted by molar-refractivity contribution is -0.134. The number of hydrogen-bond acceptors (Lipinski definition) is 2. The first-order chi connectivity index (χ1) is 6.61. The van der Waals surface area contributed by atoms with Gasteiger partial charge in [-0.15, -0.1) is 0 Å². The molecule has 0 saturated carbocycles. The van der Waals surface area contributed by atoms with Crippen LogP contribution >= 0.6 is 23.2 Å². The van der Waals surface area contributed by atoms with Crippen molar-refractivity contribution in [3.8, 4) is 0 Å². The largest absolute Gasteiger partial charge is 0.424 e. The lowest BCUT2D eigenvalue weighted by Crippen LogP contribution is -1.98. The van der Waals surface area contributed by atoms with Gasteiger partial charge in [0.25, 0.3) is 0 Å². The number of benzene rings is 1. The standard InChI is InChI=1S/C10H8Cl2O2/c1-7(13)14-9(10(11)12)8-5-3-2-4-6-8/h2-6H,1H3. The van der Waals surface area contributed by atoms with Gasteiger partial charge in [-0.05, 0) is 0 Å². The van der Waals surface area contributed by atoms with Crippen LogP contribution in [0.2, 0.25) is 0 Å². The second-order valence-corrected chi connectivity index (χ2v) is 3.50. The zero-order chi connectivity index (χ0) is 10.6. The first-order valence-corrected chi connectivity index (χ1v) is 4.66. The monoisotopic (exact) mass is 230 g/mol. The highest BCUT2D eigenvalue weighted by molar-refractivity contribution is 6.58. The van der Waals surface area contributed by atoms with Crippen LogP contribution in [0.3, 0.4) is 0 Å². The summed E-state index contributed by atoms with van der Waals surface area (Å²) < 4.78 is 4.81. The minimum absolute atomic E-state index is 0.0635. The van der Waals surface area contributed by atoms with Crippen molar-refractivity contribution >= 4 is 34.9 Å². The fourth-order valence-electron chi connectivity index (χ4n) is 0.940. The Kier molecular flexibility index (Phi) is 3.98. The number of carbonyl (C=O) groups is 1. The second kappa shape index (κ2) is 5.03. The third-order valence-electron chi connectivity index (χ3n) is 1.45.